The molecule has 0 bridgehead atoms. The molecule has 1 aromatic carbocycles. The minimum absolute atomic E-state index is 0.0144. The molecule has 1 aliphatic rings. The van der Waals surface area contributed by atoms with Crippen molar-refractivity contribution in [3.63, 3.8) is 0 Å². The minimum atomic E-state index is -0.0738. The van der Waals surface area contributed by atoms with Crippen molar-refractivity contribution >= 4 is 23.2 Å². The first kappa shape index (κ1) is 15.1. The number of pyridine rings is 1. The van der Waals surface area contributed by atoms with Gasteiger partial charge in [-0.25, -0.2) is 0 Å². The van der Waals surface area contributed by atoms with E-state index in [9.17, 15) is 4.79 Å². The van der Waals surface area contributed by atoms with Crippen LogP contribution < -0.4 is 0 Å². The number of carbonyl (C=O) groups excluding carboxylic acids is 1. The number of hydrogen-bond donors (Lipinski definition) is 0. The van der Waals surface area contributed by atoms with Gasteiger partial charge in [-0.1, -0.05) is 29.8 Å². The van der Waals surface area contributed by atoms with Crippen molar-refractivity contribution in [3.05, 3.63) is 65.1 Å². The lowest BCUT2D eigenvalue weighted by atomic mass is 10.1. The monoisotopic (exact) mass is 340 g/mol. The largest absolute Gasteiger partial charge is 0.329 e. The lowest BCUT2D eigenvalue weighted by Gasteiger charge is -2.30. The zero-order valence-corrected chi connectivity index (χ0v) is 14.0. The van der Waals surface area contributed by atoms with Gasteiger partial charge in [0.15, 0.2) is 5.65 Å². The molecule has 122 valence electrons. The van der Waals surface area contributed by atoms with Crippen LogP contribution in [0.15, 0.2) is 48.9 Å². The van der Waals surface area contributed by atoms with Crippen molar-refractivity contribution < 1.29 is 4.79 Å². The van der Waals surface area contributed by atoms with Crippen molar-refractivity contribution in [3.8, 4) is 0 Å². The standard InChI is InChI=1S/C18H17ClN4O/c1-12(15-4-2-3-5-16(15)19)23(14-7-8-14)18(24)13-6-9-17-21-20-11-22(17)10-13/h2-6,9-12,14H,7-8H2,1H3. The zero-order valence-electron chi connectivity index (χ0n) is 13.3. The van der Waals surface area contributed by atoms with Gasteiger partial charge in [-0.2, -0.15) is 0 Å². The molecule has 24 heavy (non-hydrogen) atoms. The number of fused-ring (bicyclic) bond motifs is 1. The Kier molecular flexibility index (Phi) is 3.73. The molecule has 1 amide bonds. The summed E-state index contributed by atoms with van der Waals surface area (Å²) < 4.78 is 1.76. The maximum atomic E-state index is 13.1. The highest BCUT2D eigenvalue weighted by atomic mass is 35.5. The van der Waals surface area contributed by atoms with Crippen LogP contribution in [0, 0.1) is 0 Å². The summed E-state index contributed by atoms with van der Waals surface area (Å²) in [5.74, 6) is 0.0144. The van der Waals surface area contributed by atoms with Crippen LogP contribution in [0.3, 0.4) is 0 Å². The van der Waals surface area contributed by atoms with Crippen LogP contribution in [-0.2, 0) is 0 Å². The number of rotatable bonds is 4. The Bertz CT molecular complexity index is 903. The van der Waals surface area contributed by atoms with Crippen molar-refractivity contribution in [2.75, 3.05) is 0 Å². The lowest BCUT2D eigenvalue weighted by Crippen LogP contribution is -2.35. The Morgan fingerprint density at radius 1 is 1.29 bits per heavy atom. The number of halogens is 1. The maximum Gasteiger partial charge on any atom is 0.256 e. The van der Waals surface area contributed by atoms with E-state index in [1.54, 1.807) is 23.0 Å². The van der Waals surface area contributed by atoms with E-state index in [4.69, 9.17) is 11.6 Å². The van der Waals surface area contributed by atoms with Gasteiger partial charge in [-0.3, -0.25) is 9.20 Å². The molecule has 0 radical (unpaired) electrons. The predicted octanol–water partition coefficient (Wildman–Crippen LogP) is 3.75. The number of benzene rings is 1. The van der Waals surface area contributed by atoms with Gasteiger partial charge in [0.05, 0.1) is 11.6 Å². The summed E-state index contributed by atoms with van der Waals surface area (Å²) >= 11 is 6.34. The third-order valence-corrected chi connectivity index (χ3v) is 4.83. The van der Waals surface area contributed by atoms with Crippen molar-refractivity contribution in [1.82, 2.24) is 19.5 Å². The minimum Gasteiger partial charge on any atom is -0.329 e. The molecule has 0 N–H and O–H groups in total. The normalized spacial score (nSPS) is 15.4. The van der Waals surface area contributed by atoms with Crippen molar-refractivity contribution in [2.24, 2.45) is 0 Å². The number of amides is 1. The Hall–Kier alpha value is -2.40. The van der Waals surface area contributed by atoms with Crippen LogP contribution in [0.2, 0.25) is 5.02 Å². The second kappa shape index (κ2) is 5.91. The van der Waals surface area contributed by atoms with Gasteiger partial charge >= 0.3 is 0 Å². The van der Waals surface area contributed by atoms with Crippen LogP contribution in [0.1, 0.15) is 41.7 Å². The molecule has 0 saturated heterocycles. The van der Waals surface area contributed by atoms with E-state index in [1.807, 2.05) is 42.2 Å². The smallest absolute Gasteiger partial charge is 0.256 e. The Morgan fingerprint density at radius 3 is 2.83 bits per heavy atom. The molecule has 1 unspecified atom stereocenters. The molecular formula is C18H17ClN4O. The van der Waals surface area contributed by atoms with Gasteiger partial charge in [0.25, 0.3) is 5.91 Å². The molecular weight excluding hydrogens is 324 g/mol. The van der Waals surface area contributed by atoms with E-state index in [2.05, 4.69) is 10.2 Å². The van der Waals surface area contributed by atoms with Crippen LogP contribution in [0.4, 0.5) is 0 Å². The van der Waals surface area contributed by atoms with Crippen LogP contribution in [0.5, 0.6) is 0 Å². The number of nitrogens with zero attached hydrogens (tertiary/aromatic N) is 4. The van der Waals surface area contributed by atoms with Gasteiger partial charge in [0.1, 0.15) is 6.33 Å². The topological polar surface area (TPSA) is 50.5 Å². The summed E-state index contributed by atoms with van der Waals surface area (Å²) in [6.07, 6.45) is 5.46. The molecule has 4 rings (SSSR count). The van der Waals surface area contributed by atoms with Crippen LogP contribution in [-0.4, -0.2) is 31.4 Å². The van der Waals surface area contributed by atoms with Gasteiger partial charge < -0.3 is 4.90 Å². The summed E-state index contributed by atoms with van der Waals surface area (Å²) in [5.41, 5.74) is 2.33. The third-order valence-electron chi connectivity index (χ3n) is 4.49. The quantitative estimate of drug-likeness (QED) is 0.726. The fraction of sp³-hybridized carbons (Fsp3) is 0.278. The van der Waals surface area contributed by atoms with Gasteiger partial charge in [0.2, 0.25) is 0 Å². The van der Waals surface area contributed by atoms with E-state index in [0.717, 1.165) is 24.1 Å². The maximum absolute atomic E-state index is 13.1. The summed E-state index contributed by atoms with van der Waals surface area (Å²) in [5, 5.41) is 8.53. The molecule has 1 fully saturated rings. The van der Waals surface area contributed by atoms with E-state index in [0.29, 0.717) is 10.6 Å². The Balaban J connectivity index is 1.69. The van der Waals surface area contributed by atoms with Gasteiger partial charge in [0, 0.05) is 17.3 Å². The van der Waals surface area contributed by atoms with Crippen LogP contribution in [0.25, 0.3) is 5.65 Å². The van der Waals surface area contributed by atoms with E-state index < -0.39 is 0 Å². The summed E-state index contributed by atoms with van der Waals surface area (Å²) in [6, 6.07) is 11.5. The molecule has 3 aromatic rings. The second-order valence-corrected chi connectivity index (χ2v) is 6.56. The summed E-state index contributed by atoms with van der Waals surface area (Å²) in [6.45, 7) is 2.04. The van der Waals surface area contributed by atoms with E-state index >= 15 is 0 Å². The molecule has 1 aliphatic carbocycles. The SMILES string of the molecule is CC(c1ccccc1Cl)N(C(=O)c1ccc2nncn2c1)C1CC1. The predicted molar refractivity (Wildman–Crippen MR) is 92.0 cm³/mol. The summed E-state index contributed by atoms with van der Waals surface area (Å²) in [4.78, 5) is 15.1. The third kappa shape index (κ3) is 2.65. The molecule has 6 heteroatoms. The Morgan fingerprint density at radius 2 is 2.08 bits per heavy atom. The molecule has 2 heterocycles. The van der Waals surface area contributed by atoms with Crippen molar-refractivity contribution in [1.29, 1.82) is 0 Å². The second-order valence-electron chi connectivity index (χ2n) is 6.16. The van der Waals surface area contributed by atoms with E-state index in [-0.39, 0.29) is 18.0 Å². The van der Waals surface area contributed by atoms with Gasteiger partial charge in [-0.05, 0) is 43.5 Å². The highest BCUT2D eigenvalue weighted by Crippen LogP contribution is 2.37. The molecule has 1 saturated carbocycles. The Labute approximate surface area is 144 Å². The molecule has 0 aliphatic heterocycles. The average Bonchev–Trinajstić information content (AvgIpc) is 3.30. The fourth-order valence-corrected chi connectivity index (χ4v) is 3.37. The molecule has 0 spiro atoms. The average molecular weight is 341 g/mol. The highest BCUT2D eigenvalue weighted by molar-refractivity contribution is 6.31. The summed E-state index contributed by atoms with van der Waals surface area (Å²) in [7, 11) is 0. The first-order chi connectivity index (χ1) is 11.6. The van der Waals surface area contributed by atoms with Gasteiger partial charge in [-0.15, -0.1) is 10.2 Å². The first-order valence-electron chi connectivity index (χ1n) is 8.01. The first-order valence-corrected chi connectivity index (χ1v) is 8.39. The lowest BCUT2D eigenvalue weighted by molar-refractivity contribution is 0.0673. The number of aromatic nitrogens is 3. The molecule has 5 nitrogen and oxygen atoms in total. The number of hydrogen-bond acceptors (Lipinski definition) is 3. The fourth-order valence-electron chi connectivity index (χ4n) is 3.08. The zero-order chi connectivity index (χ0) is 16.7. The number of carbonyl (C=O) groups is 1. The molecule has 2 aromatic heterocycles. The van der Waals surface area contributed by atoms with Crippen molar-refractivity contribution in [2.45, 2.75) is 31.8 Å². The molecule has 1 atom stereocenters. The highest BCUT2D eigenvalue weighted by Gasteiger charge is 2.37. The van der Waals surface area contributed by atoms with E-state index in [1.165, 1.54) is 0 Å². The van der Waals surface area contributed by atoms with Crippen LogP contribution >= 0.6 is 11.6 Å².